The van der Waals surface area contributed by atoms with E-state index in [0.717, 1.165) is 12.8 Å². The zero-order valence-corrected chi connectivity index (χ0v) is 13.5. The summed E-state index contributed by atoms with van der Waals surface area (Å²) in [5.74, 6) is -0.156. The van der Waals surface area contributed by atoms with Gasteiger partial charge in [-0.05, 0) is 40.9 Å². The fourth-order valence-electron chi connectivity index (χ4n) is 2.41. The highest BCUT2D eigenvalue weighted by Gasteiger charge is 2.26. The van der Waals surface area contributed by atoms with Gasteiger partial charge in [0.05, 0.1) is 10.6 Å². The predicted octanol–water partition coefficient (Wildman–Crippen LogP) is 2.84. The molecule has 0 aliphatic carbocycles. The first-order chi connectivity index (χ1) is 9.49. The summed E-state index contributed by atoms with van der Waals surface area (Å²) in [4.78, 5) is 25.4. The molecule has 1 unspecified atom stereocenters. The van der Waals surface area contributed by atoms with Gasteiger partial charge < -0.3 is 10.2 Å². The lowest BCUT2D eigenvalue weighted by molar-refractivity contribution is -0.120. The summed E-state index contributed by atoms with van der Waals surface area (Å²) in [5, 5.41) is 3.30. The van der Waals surface area contributed by atoms with Crippen molar-refractivity contribution in [3.8, 4) is 0 Å². The Hall–Kier alpha value is -1.07. The number of carbonyl (C=O) groups excluding carboxylic acids is 2. The smallest absolute Gasteiger partial charge is 0.255 e. The summed E-state index contributed by atoms with van der Waals surface area (Å²) in [7, 11) is 0. The second-order valence-corrected chi connectivity index (χ2v) is 6.12. The molecule has 0 radical (unpaired) electrons. The van der Waals surface area contributed by atoms with Crippen molar-refractivity contribution in [3.05, 3.63) is 33.3 Å². The molecule has 1 heterocycles. The Balaban J connectivity index is 2.12. The minimum atomic E-state index is -0.0913. The zero-order valence-electron chi connectivity index (χ0n) is 11.2. The third kappa shape index (κ3) is 3.52. The number of nitrogens with zero attached hydrogens (tertiary/aromatic N) is 1. The Labute approximate surface area is 131 Å². The molecule has 2 amide bonds. The molecule has 1 aromatic carbocycles. The van der Waals surface area contributed by atoms with Gasteiger partial charge in [0.15, 0.2) is 0 Å². The molecule has 108 valence electrons. The minimum absolute atomic E-state index is 0.0242. The number of carbonyl (C=O) groups is 2. The van der Waals surface area contributed by atoms with E-state index >= 15 is 0 Å². The monoisotopic (exact) mass is 358 g/mol. The Kier molecular flexibility index (Phi) is 5.05. The molecule has 1 aromatic rings. The van der Waals surface area contributed by atoms with Crippen LogP contribution in [0.15, 0.2) is 22.7 Å². The van der Waals surface area contributed by atoms with Crippen molar-refractivity contribution in [2.45, 2.75) is 25.8 Å². The van der Waals surface area contributed by atoms with Gasteiger partial charge in [0.2, 0.25) is 5.91 Å². The normalized spacial score (nSPS) is 18.8. The maximum Gasteiger partial charge on any atom is 0.255 e. The topological polar surface area (TPSA) is 49.4 Å². The van der Waals surface area contributed by atoms with Crippen LogP contribution >= 0.6 is 27.5 Å². The van der Waals surface area contributed by atoms with Crippen LogP contribution in [0.4, 0.5) is 0 Å². The van der Waals surface area contributed by atoms with Crippen LogP contribution in [-0.2, 0) is 4.79 Å². The molecule has 6 heteroatoms. The third-order valence-electron chi connectivity index (χ3n) is 3.30. The Morgan fingerprint density at radius 2 is 2.20 bits per heavy atom. The fraction of sp³-hybridized carbons (Fsp3) is 0.429. The molecule has 0 spiro atoms. The van der Waals surface area contributed by atoms with E-state index in [2.05, 4.69) is 21.2 Å². The quantitative estimate of drug-likeness (QED) is 0.883. The first-order valence-electron chi connectivity index (χ1n) is 6.49. The largest absolute Gasteiger partial charge is 0.352 e. The van der Waals surface area contributed by atoms with Crippen LogP contribution in [0.5, 0.6) is 0 Å². The first-order valence-corrected chi connectivity index (χ1v) is 7.66. The second-order valence-electron chi connectivity index (χ2n) is 4.89. The van der Waals surface area contributed by atoms with Crippen LogP contribution in [0.25, 0.3) is 0 Å². The molecule has 0 aromatic heterocycles. The average Bonchev–Trinajstić information content (AvgIpc) is 2.41. The van der Waals surface area contributed by atoms with Crippen LogP contribution in [0.2, 0.25) is 5.02 Å². The van der Waals surface area contributed by atoms with Crippen molar-refractivity contribution >= 4 is 39.3 Å². The number of benzene rings is 1. The summed E-state index contributed by atoms with van der Waals surface area (Å²) < 4.78 is 0.709. The molecule has 1 fully saturated rings. The number of rotatable bonds is 2. The van der Waals surface area contributed by atoms with E-state index in [0.29, 0.717) is 28.1 Å². The molecular weight excluding hydrogens is 344 g/mol. The summed E-state index contributed by atoms with van der Waals surface area (Å²) in [5.41, 5.74) is 0.490. The van der Waals surface area contributed by atoms with E-state index in [9.17, 15) is 9.59 Å². The number of likely N-dealkylation sites (tertiary alicyclic amines) is 1. The number of halogens is 2. The summed E-state index contributed by atoms with van der Waals surface area (Å²) in [6, 6.07) is 5.34. The molecule has 1 aliphatic rings. The van der Waals surface area contributed by atoms with Crippen LogP contribution in [0.3, 0.4) is 0 Å². The van der Waals surface area contributed by atoms with Crippen LogP contribution in [0.1, 0.15) is 30.1 Å². The Bertz CT molecular complexity index is 536. The van der Waals surface area contributed by atoms with Crippen molar-refractivity contribution in [3.63, 3.8) is 0 Å². The number of amides is 2. The van der Waals surface area contributed by atoms with Gasteiger partial charge in [0, 0.05) is 30.5 Å². The van der Waals surface area contributed by atoms with Crippen molar-refractivity contribution in [2.75, 3.05) is 13.1 Å². The van der Waals surface area contributed by atoms with Crippen LogP contribution < -0.4 is 5.32 Å². The number of hydrogen-bond acceptors (Lipinski definition) is 2. The molecular formula is C14H16BrClN2O2. The third-order valence-corrected chi connectivity index (χ3v) is 4.59. The Morgan fingerprint density at radius 3 is 2.90 bits per heavy atom. The van der Waals surface area contributed by atoms with Gasteiger partial charge in [-0.15, -0.1) is 0 Å². The summed E-state index contributed by atoms with van der Waals surface area (Å²) in [6.45, 7) is 2.71. The van der Waals surface area contributed by atoms with Gasteiger partial charge in [0.25, 0.3) is 5.91 Å². The first kappa shape index (κ1) is 15.3. The number of nitrogens with one attached hydrogen (secondary N) is 1. The van der Waals surface area contributed by atoms with E-state index < -0.39 is 0 Å². The molecule has 4 nitrogen and oxygen atoms in total. The number of hydrogen-bond donors (Lipinski definition) is 1. The second kappa shape index (κ2) is 6.59. The minimum Gasteiger partial charge on any atom is -0.352 e. The average molecular weight is 360 g/mol. The highest BCUT2D eigenvalue weighted by molar-refractivity contribution is 9.10. The predicted molar refractivity (Wildman–Crippen MR) is 81.9 cm³/mol. The molecule has 0 bridgehead atoms. The van der Waals surface area contributed by atoms with E-state index in [1.807, 2.05) is 0 Å². The molecule has 1 saturated heterocycles. The van der Waals surface area contributed by atoms with E-state index in [1.54, 1.807) is 23.1 Å². The van der Waals surface area contributed by atoms with E-state index in [-0.39, 0.29) is 17.9 Å². The lowest BCUT2D eigenvalue weighted by Gasteiger charge is -2.33. The summed E-state index contributed by atoms with van der Waals surface area (Å²) in [6.07, 6.45) is 1.78. The van der Waals surface area contributed by atoms with E-state index in [4.69, 9.17) is 11.6 Å². The lowest BCUT2D eigenvalue weighted by atomic mass is 10.0. The van der Waals surface area contributed by atoms with Crippen LogP contribution in [-0.4, -0.2) is 35.8 Å². The summed E-state index contributed by atoms with van der Waals surface area (Å²) >= 11 is 9.49. The highest BCUT2D eigenvalue weighted by Crippen LogP contribution is 2.27. The van der Waals surface area contributed by atoms with Crippen molar-refractivity contribution < 1.29 is 9.59 Å². The SMILES string of the molecule is CC(=O)NC1CCCN(C(=O)c2cccc(Br)c2Cl)C1. The number of piperidine rings is 1. The van der Waals surface area contributed by atoms with Crippen LogP contribution in [0, 0.1) is 0 Å². The van der Waals surface area contributed by atoms with Gasteiger partial charge >= 0.3 is 0 Å². The van der Waals surface area contributed by atoms with Gasteiger partial charge in [-0.25, -0.2) is 0 Å². The molecule has 1 atom stereocenters. The Morgan fingerprint density at radius 1 is 1.45 bits per heavy atom. The maximum absolute atomic E-state index is 12.5. The van der Waals surface area contributed by atoms with Gasteiger partial charge in [-0.3, -0.25) is 9.59 Å². The van der Waals surface area contributed by atoms with Crippen molar-refractivity contribution in [1.82, 2.24) is 10.2 Å². The van der Waals surface area contributed by atoms with Crippen molar-refractivity contribution in [1.29, 1.82) is 0 Å². The standard InChI is InChI=1S/C14H16BrClN2O2/c1-9(19)17-10-4-3-7-18(8-10)14(20)11-5-2-6-12(15)13(11)16/h2,5-6,10H,3-4,7-8H2,1H3,(H,17,19). The lowest BCUT2D eigenvalue weighted by Crippen LogP contribution is -2.49. The zero-order chi connectivity index (χ0) is 14.7. The van der Waals surface area contributed by atoms with Gasteiger partial charge in [-0.1, -0.05) is 17.7 Å². The van der Waals surface area contributed by atoms with Gasteiger partial charge in [0.1, 0.15) is 0 Å². The molecule has 1 aliphatic heterocycles. The molecule has 0 saturated carbocycles. The molecule has 2 rings (SSSR count). The van der Waals surface area contributed by atoms with Gasteiger partial charge in [-0.2, -0.15) is 0 Å². The maximum atomic E-state index is 12.5. The van der Waals surface area contributed by atoms with Crippen molar-refractivity contribution in [2.24, 2.45) is 0 Å². The van der Waals surface area contributed by atoms with E-state index in [1.165, 1.54) is 6.92 Å². The molecule has 20 heavy (non-hydrogen) atoms. The molecule has 1 N–H and O–H groups in total. The fourth-order valence-corrected chi connectivity index (χ4v) is 2.98. The highest BCUT2D eigenvalue weighted by atomic mass is 79.9.